The average Bonchev–Trinajstić information content (AvgIpc) is 3.23. The third-order valence-electron chi connectivity index (χ3n) is 6.95. The van der Waals surface area contributed by atoms with E-state index in [0.717, 1.165) is 11.0 Å². The van der Waals surface area contributed by atoms with Crippen molar-refractivity contribution in [3.63, 3.8) is 0 Å². The van der Waals surface area contributed by atoms with E-state index < -0.39 is 23.9 Å². The molecule has 1 amide bonds. The van der Waals surface area contributed by atoms with Crippen LogP contribution in [0.25, 0.3) is 11.0 Å². The Bertz CT molecular complexity index is 1290. The van der Waals surface area contributed by atoms with Gasteiger partial charge in [0.25, 0.3) is 5.91 Å². The molecule has 7 nitrogen and oxygen atoms in total. The summed E-state index contributed by atoms with van der Waals surface area (Å²) in [5.41, 5.74) is 1.10. The largest absolute Gasteiger partial charge is 0.434 e. The molecular formula is C24H25BF2N3O4. The van der Waals surface area contributed by atoms with Crippen LogP contribution in [0.3, 0.4) is 0 Å². The molecule has 2 aliphatic rings. The summed E-state index contributed by atoms with van der Waals surface area (Å²) in [6, 6.07) is 9.47. The number of aromatic nitrogens is 2. The first kappa shape index (κ1) is 22.8. The molecule has 1 aromatic heterocycles. The number of benzene rings is 2. The van der Waals surface area contributed by atoms with Gasteiger partial charge in [-0.1, -0.05) is 17.6 Å². The molecule has 0 saturated carbocycles. The molecule has 0 saturated heterocycles. The Morgan fingerprint density at radius 3 is 2.71 bits per heavy atom. The number of ether oxygens (including phenoxy) is 1. The number of aliphatic hydroxyl groups is 1. The van der Waals surface area contributed by atoms with Crippen molar-refractivity contribution in [3.05, 3.63) is 53.3 Å². The van der Waals surface area contributed by atoms with Crippen molar-refractivity contribution in [3.8, 4) is 5.75 Å². The molecule has 2 unspecified atom stereocenters. The third-order valence-corrected chi connectivity index (χ3v) is 6.95. The van der Waals surface area contributed by atoms with Gasteiger partial charge in [0, 0.05) is 11.1 Å². The Morgan fingerprint density at radius 1 is 1.24 bits per heavy atom. The van der Waals surface area contributed by atoms with E-state index in [9.17, 15) is 18.7 Å². The Kier molecular flexibility index (Phi) is 5.22. The first-order chi connectivity index (χ1) is 16.0. The highest BCUT2D eigenvalue weighted by Crippen LogP contribution is 2.47. The van der Waals surface area contributed by atoms with Crippen LogP contribution in [0.2, 0.25) is 0 Å². The lowest BCUT2D eigenvalue weighted by atomic mass is 9.82. The Hall–Kier alpha value is -2.98. The van der Waals surface area contributed by atoms with Crippen LogP contribution in [-0.2, 0) is 4.65 Å². The van der Waals surface area contributed by atoms with Crippen molar-refractivity contribution in [2.75, 3.05) is 0 Å². The van der Waals surface area contributed by atoms with E-state index in [2.05, 4.69) is 5.32 Å². The lowest BCUT2D eigenvalue weighted by Gasteiger charge is -2.37. The number of hydrogen-bond donors (Lipinski definition) is 2. The van der Waals surface area contributed by atoms with Gasteiger partial charge in [-0.15, -0.1) is 0 Å². The first-order valence-corrected chi connectivity index (χ1v) is 11.1. The highest BCUT2D eigenvalue weighted by Gasteiger charge is 2.42. The van der Waals surface area contributed by atoms with Gasteiger partial charge in [0.1, 0.15) is 11.6 Å². The van der Waals surface area contributed by atoms with Gasteiger partial charge in [-0.05, 0) is 58.4 Å². The fourth-order valence-corrected chi connectivity index (χ4v) is 4.46. The topological polar surface area (TPSA) is 85.6 Å². The molecule has 10 heteroatoms. The minimum Gasteiger partial charge on any atom is -0.434 e. The van der Waals surface area contributed by atoms with Crippen LogP contribution in [0.1, 0.15) is 67.9 Å². The number of carbonyl (C=O) groups is 1. The molecule has 2 bridgehead atoms. The monoisotopic (exact) mass is 468 g/mol. The van der Waals surface area contributed by atoms with Gasteiger partial charge < -0.3 is 24.4 Å². The van der Waals surface area contributed by atoms with Crippen molar-refractivity contribution in [1.29, 1.82) is 0 Å². The van der Waals surface area contributed by atoms with Crippen molar-refractivity contribution in [2.24, 2.45) is 0 Å². The quantitative estimate of drug-likeness (QED) is 0.543. The highest BCUT2D eigenvalue weighted by atomic mass is 19.3. The molecular weight excluding hydrogens is 443 g/mol. The zero-order valence-electron chi connectivity index (χ0n) is 19.3. The normalized spacial score (nSPS) is 19.6. The molecule has 2 aromatic carbocycles. The van der Waals surface area contributed by atoms with Crippen LogP contribution in [0.15, 0.2) is 36.4 Å². The molecule has 2 atom stereocenters. The van der Waals surface area contributed by atoms with Crippen LogP contribution in [0, 0.1) is 0 Å². The molecule has 2 aliphatic heterocycles. The number of halogens is 2. The summed E-state index contributed by atoms with van der Waals surface area (Å²) in [6.45, 7) is 3.96. The summed E-state index contributed by atoms with van der Waals surface area (Å²) in [7, 11) is 1.59. The predicted molar refractivity (Wildman–Crippen MR) is 123 cm³/mol. The fraction of sp³-hybridized carbons (Fsp3) is 0.417. The van der Waals surface area contributed by atoms with Crippen molar-refractivity contribution < 1.29 is 28.1 Å². The number of amides is 1. The Balaban J connectivity index is 1.58. The number of fused-ring (bicyclic) bond motifs is 9. The molecule has 5 rings (SSSR count). The summed E-state index contributed by atoms with van der Waals surface area (Å²) >= 11 is 0. The van der Waals surface area contributed by atoms with Gasteiger partial charge >= 0.3 is 14.1 Å². The Labute approximate surface area is 196 Å². The summed E-state index contributed by atoms with van der Waals surface area (Å²) in [6.07, 6.45) is 0.483. The molecule has 34 heavy (non-hydrogen) atoms. The maximum absolute atomic E-state index is 13.2. The number of alkyl halides is 2. The molecule has 0 fully saturated rings. The number of nitrogens with one attached hydrogen (secondary N) is 1. The second-order valence-electron chi connectivity index (χ2n) is 9.77. The van der Waals surface area contributed by atoms with Crippen molar-refractivity contribution in [1.82, 2.24) is 14.9 Å². The number of hydrogen-bond acceptors (Lipinski definition) is 5. The van der Waals surface area contributed by atoms with Crippen LogP contribution in [0.4, 0.5) is 8.78 Å². The average molecular weight is 468 g/mol. The molecule has 3 aromatic rings. The van der Waals surface area contributed by atoms with Gasteiger partial charge in [0.05, 0.1) is 34.3 Å². The Morgan fingerprint density at radius 2 is 2.00 bits per heavy atom. The van der Waals surface area contributed by atoms with Gasteiger partial charge in [0.15, 0.2) is 0 Å². The number of imidazole rings is 1. The van der Waals surface area contributed by atoms with E-state index in [-0.39, 0.29) is 17.7 Å². The van der Waals surface area contributed by atoms with Crippen LogP contribution in [0.5, 0.6) is 5.75 Å². The molecule has 0 spiro atoms. The van der Waals surface area contributed by atoms with Crippen molar-refractivity contribution >= 4 is 29.9 Å². The number of carbonyl (C=O) groups excluding carboxylic acids is 1. The number of rotatable bonds is 6. The molecule has 1 radical (unpaired) electrons. The highest BCUT2D eigenvalue weighted by molar-refractivity contribution is 6.47. The van der Waals surface area contributed by atoms with E-state index in [1.807, 2.05) is 22.8 Å². The zero-order chi connectivity index (χ0) is 24.4. The first-order valence-electron chi connectivity index (χ1n) is 11.1. The predicted octanol–water partition coefficient (Wildman–Crippen LogP) is 3.23. The van der Waals surface area contributed by atoms with E-state index in [4.69, 9.17) is 14.4 Å². The van der Waals surface area contributed by atoms with E-state index in [0.29, 0.717) is 28.9 Å². The van der Waals surface area contributed by atoms with E-state index in [1.54, 1.807) is 41.2 Å². The molecule has 2 N–H and O–H groups in total. The summed E-state index contributed by atoms with van der Waals surface area (Å²) in [4.78, 5) is 17.6. The SMILES string of the molecule is CC(C)(O)C(C)(C)O[B]c1ccc2nc3n(c2c1)C1CC3NC(=O)c2cccc(OC(F)F)c21. The minimum atomic E-state index is -3.01. The van der Waals surface area contributed by atoms with Crippen LogP contribution in [-0.4, -0.2) is 45.9 Å². The van der Waals surface area contributed by atoms with Gasteiger partial charge in [-0.2, -0.15) is 8.78 Å². The lowest BCUT2D eigenvalue weighted by Crippen LogP contribution is -2.49. The second-order valence-corrected chi connectivity index (χ2v) is 9.77. The molecule has 177 valence electrons. The van der Waals surface area contributed by atoms with Gasteiger partial charge in [-0.3, -0.25) is 4.79 Å². The minimum absolute atomic E-state index is 0.0130. The van der Waals surface area contributed by atoms with Crippen molar-refractivity contribution in [2.45, 2.75) is 64.0 Å². The maximum Gasteiger partial charge on any atom is 0.387 e. The van der Waals surface area contributed by atoms with E-state index >= 15 is 0 Å². The fourth-order valence-electron chi connectivity index (χ4n) is 4.46. The number of nitrogens with zero attached hydrogens (tertiary/aromatic N) is 2. The maximum atomic E-state index is 13.2. The molecule has 0 aliphatic carbocycles. The lowest BCUT2D eigenvalue weighted by molar-refractivity contribution is -0.0893. The second kappa shape index (κ2) is 7.78. The summed E-state index contributed by atoms with van der Waals surface area (Å²) < 4.78 is 39.0. The zero-order valence-corrected chi connectivity index (χ0v) is 19.3. The smallest absolute Gasteiger partial charge is 0.387 e. The van der Waals surface area contributed by atoms with Gasteiger partial charge in [-0.25, -0.2) is 4.98 Å². The van der Waals surface area contributed by atoms with Gasteiger partial charge in [0.2, 0.25) is 0 Å². The van der Waals surface area contributed by atoms with Crippen LogP contribution < -0.4 is 15.5 Å². The third kappa shape index (κ3) is 3.65. The van der Waals surface area contributed by atoms with Crippen LogP contribution >= 0.6 is 0 Å². The van der Waals surface area contributed by atoms with E-state index in [1.165, 1.54) is 12.1 Å². The summed E-state index contributed by atoms with van der Waals surface area (Å²) in [5, 5.41) is 13.3. The summed E-state index contributed by atoms with van der Waals surface area (Å²) in [5.74, 6) is 0.318. The standard InChI is InChI=1S/C24H25BF2N3O4/c1-23(2,32)24(3,4)34-25-12-8-9-14-16(10-12)30-17-11-15(20(30)28-14)29-21(31)13-6-5-7-18(19(13)17)33-22(26)27/h5-10,15,17,22,32H,11H2,1-4H3,(H,29,31). The molecule has 3 heterocycles.